The summed E-state index contributed by atoms with van der Waals surface area (Å²) in [4.78, 5) is 11.3. The molecule has 2 aromatic carbocycles. The first kappa shape index (κ1) is 13.5. The lowest BCUT2D eigenvalue weighted by Crippen LogP contribution is -2.10. The number of para-hydroxylation sites is 1. The molecule has 0 unspecified atom stereocenters. The second-order valence-corrected chi connectivity index (χ2v) is 3.94. The summed E-state index contributed by atoms with van der Waals surface area (Å²) >= 11 is 0. The van der Waals surface area contributed by atoms with Crippen LogP contribution in [0.3, 0.4) is 0 Å². The number of rotatable bonds is 4. The summed E-state index contributed by atoms with van der Waals surface area (Å²) in [6.45, 7) is 3.36. The molecule has 0 atom stereocenters. The number of carbonyl (C=O) groups is 1. The standard InChI is InChI=1S/C16H13NO3/c1-2-15(18)20-14-11-7-6-10-13(14)16(17-19)12-8-4-3-5-9-12/h2-11,19H,1H2/b17-16-. The zero-order chi connectivity index (χ0) is 14.4. The molecule has 0 fully saturated rings. The molecule has 0 spiro atoms. The van der Waals surface area contributed by atoms with Crippen molar-refractivity contribution in [2.24, 2.45) is 5.16 Å². The highest BCUT2D eigenvalue weighted by atomic mass is 16.5. The highest BCUT2D eigenvalue weighted by Gasteiger charge is 2.14. The Kier molecular flexibility index (Phi) is 4.29. The van der Waals surface area contributed by atoms with Gasteiger partial charge in [-0.3, -0.25) is 0 Å². The van der Waals surface area contributed by atoms with Gasteiger partial charge in [-0.2, -0.15) is 0 Å². The van der Waals surface area contributed by atoms with E-state index in [1.54, 1.807) is 36.4 Å². The molecular formula is C16H13NO3. The van der Waals surface area contributed by atoms with Crippen molar-refractivity contribution < 1.29 is 14.7 Å². The number of oxime groups is 1. The van der Waals surface area contributed by atoms with Crippen LogP contribution in [0.4, 0.5) is 0 Å². The summed E-state index contributed by atoms with van der Waals surface area (Å²) in [6, 6.07) is 16.0. The van der Waals surface area contributed by atoms with Crippen LogP contribution in [-0.4, -0.2) is 16.9 Å². The molecular weight excluding hydrogens is 254 g/mol. The topological polar surface area (TPSA) is 58.9 Å². The maximum absolute atomic E-state index is 11.3. The Balaban J connectivity index is 2.46. The van der Waals surface area contributed by atoms with Crippen molar-refractivity contribution in [3.8, 4) is 5.75 Å². The Bertz CT molecular complexity index is 648. The van der Waals surface area contributed by atoms with Gasteiger partial charge in [-0.15, -0.1) is 0 Å². The predicted molar refractivity (Wildman–Crippen MR) is 76.1 cm³/mol. The second-order valence-electron chi connectivity index (χ2n) is 3.94. The smallest absolute Gasteiger partial charge is 0.335 e. The summed E-state index contributed by atoms with van der Waals surface area (Å²) in [5.41, 5.74) is 1.58. The first-order valence-electron chi connectivity index (χ1n) is 5.97. The third-order valence-electron chi connectivity index (χ3n) is 2.67. The van der Waals surface area contributed by atoms with Gasteiger partial charge in [0.1, 0.15) is 11.5 Å². The molecule has 0 radical (unpaired) electrons. The summed E-state index contributed by atoms with van der Waals surface area (Å²) in [6.07, 6.45) is 1.08. The van der Waals surface area contributed by atoms with Crippen LogP contribution in [-0.2, 0) is 4.79 Å². The lowest BCUT2D eigenvalue weighted by molar-refractivity contribution is -0.128. The maximum Gasteiger partial charge on any atom is 0.335 e. The highest BCUT2D eigenvalue weighted by Crippen LogP contribution is 2.22. The average Bonchev–Trinajstić information content (AvgIpc) is 2.50. The van der Waals surface area contributed by atoms with Gasteiger partial charge in [0.05, 0.1) is 0 Å². The van der Waals surface area contributed by atoms with Gasteiger partial charge in [0.2, 0.25) is 0 Å². The van der Waals surface area contributed by atoms with E-state index in [9.17, 15) is 10.0 Å². The number of esters is 1. The number of benzene rings is 2. The van der Waals surface area contributed by atoms with Gasteiger partial charge in [0, 0.05) is 17.2 Å². The maximum atomic E-state index is 11.3. The minimum atomic E-state index is -0.567. The van der Waals surface area contributed by atoms with Crippen LogP contribution in [0.25, 0.3) is 0 Å². The van der Waals surface area contributed by atoms with Crippen LogP contribution in [0, 0.1) is 0 Å². The average molecular weight is 267 g/mol. The van der Waals surface area contributed by atoms with E-state index < -0.39 is 5.97 Å². The normalized spacial score (nSPS) is 10.9. The van der Waals surface area contributed by atoms with Crippen LogP contribution in [0.5, 0.6) is 5.75 Å². The van der Waals surface area contributed by atoms with E-state index in [1.807, 2.05) is 18.2 Å². The first-order chi connectivity index (χ1) is 9.76. The van der Waals surface area contributed by atoms with Crippen LogP contribution >= 0.6 is 0 Å². The fraction of sp³-hybridized carbons (Fsp3) is 0. The molecule has 1 N–H and O–H groups in total. The summed E-state index contributed by atoms with van der Waals surface area (Å²) in [5.74, 6) is -0.253. The molecule has 0 aliphatic heterocycles. The van der Waals surface area contributed by atoms with E-state index in [2.05, 4.69) is 11.7 Å². The second kappa shape index (κ2) is 6.33. The summed E-state index contributed by atoms with van der Waals surface area (Å²) in [5, 5.41) is 12.6. The van der Waals surface area contributed by atoms with E-state index in [0.29, 0.717) is 17.0 Å². The molecule has 4 nitrogen and oxygen atoms in total. The predicted octanol–water partition coefficient (Wildman–Crippen LogP) is 3.00. The van der Waals surface area contributed by atoms with Gasteiger partial charge in [0.25, 0.3) is 0 Å². The summed E-state index contributed by atoms with van der Waals surface area (Å²) < 4.78 is 5.15. The zero-order valence-electron chi connectivity index (χ0n) is 10.7. The van der Waals surface area contributed by atoms with Gasteiger partial charge in [-0.1, -0.05) is 54.2 Å². The molecule has 0 saturated heterocycles. The number of nitrogens with zero attached hydrogens (tertiary/aromatic N) is 1. The molecule has 0 aliphatic rings. The summed E-state index contributed by atoms with van der Waals surface area (Å²) in [7, 11) is 0. The Morgan fingerprint density at radius 1 is 1.10 bits per heavy atom. The molecule has 20 heavy (non-hydrogen) atoms. The highest BCUT2D eigenvalue weighted by molar-refractivity contribution is 6.14. The van der Waals surface area contributed by atoms with Crippen molar-refractivity contribution in [1.29, 1.82) is 0 Å². The molecule has 0 aromatic heterocycles. The van der Waals surface area contributed by atoms with Crippen molar-refractivity contribution in [3.63, 3.8) is 0 Å². The van der Waals surface area contributed by atoms with E-state index in [0.717, 1.165) is 11.6 Å². The fourth-order valence-corrected chi connectivity index (χ4v) is 1.76. The van der Waals surface area contributed by atoms with Gasteiger partial charge in [-0.05, 0) is 12.1 Å². The van der Waals surface area contributed by atoms with Crippen LogP contribution in [0.1, 0.15) is 11.1 Å². The fourth-order valence-electron chi connectivity index (χ4n) is 1.76. The SMILES string of the molecule is C=CC(=O)Oc1ccccc1/C(=N\O)c1ccccc1. The first-order valence-corrected chi connectivity index (χ1v) is 5.97. The third kappa shape index (κ3) is 2.92. The molecule has 0 heterocycles. The van der Waals surface area contributed by atoms with E-state index in [4.69, 9.17) is 4.74 Å². The molecule has 100 valence electrons. The number of hydrogen-bond acceptors (Lipinski definition) is 4. The van der Waals surface area contributed by atoms with Crippen molar-refractivity contribution in [2.45, 2.75) is 0 Å². The largest absolute Gasteiger partial charge is 0.423 e. The lowest BCUT2D eigenvalue weighted by Gasteiger charge is -2.10. The Morgan fingerprint density at radius 3 is 2.40 bits per heavy atom. The van der Waals surface area contributed by atoms with Gasteiger partial charge >= 0.3 is 5.97 Å². The number of hydrogen-bond donors (Lipinski definition) is 1. The van der Waals surface area contributed by atoms with Gasteiger partial charge in [0.15, 0.2) is 0 Å². The minimum Gasteiger partial charge on any atom is -0.423 e. The number of carbonyl (C=O) groups excluding carboxylic acids is 1. The molecule has 4 heteroatoms. The number of ether oxygens (including phenoxy) is 1. The molecule has 0 aliphatic carbocycles. The Morgan fingerprint density at radius 2 is 1.75 bits per heavy atom. The molecule has 0 saturated carbocycles. The lowest BCUT2D eigenvalue weighted by atomic mass is 10.0. The quantitative estimate of drug-likeness (QED) is 0.231. The van der Waals surface area contributed by atoms with Crippen molar-refractivity contribution in [3.05, 3.63) is 78.4 Å². The van der Waals surface area contributed by atoms with Gasteiger partial charge < -0.3 is 9.94 Å². The zero-order valence-corrected chi connectivity index (χ0v) is 10.7. The van der Waals surface area contributed by atoms with Crippen LogP contribution < -0.4 is 4.74 Å². The van der Waals surface area contributed by atoms with E-state index in [1.165, 1.54) is 0 Å². The van der Waals surface area contributed by atoms with E-state index >= 15 is 0 Å². The monoisotopic (exact) mass is 267 g/mol. The molecule has 2 rings (SSSR count). The van der Waals surface area contributed by atoms with Gasteiger partial charge in [-0.25, -0.2) is 4.79 Å². The van der Waals surface area contributed by atoms with Crippen molar-refractivity contribution in [1.82, 2.24) is 0 Å². The van der Waals surface area contributed by atoms with Crippen molar-refractivity contribution in [2.75, 3.05) is 0 Å². The van der Waals surface area contributed by atoms with E-state index in [-0.39, 0.29) is 0 Å². The Labute approximate surface area is 116 Å². The minimum absolute atomic E-state index is 0.314. The molecule has 0 amide bonds. The van der Waals surface area contributed by atoms with Crippen LogP contribution in [0.2, 0.25) is 0 Å². The third-order valence-corrected chi connectivity index (χ3v) is 2.67. The molecule has 0 bridgehead atoms. The Hall–Kier alpha value is -2.88. The molecule has 2 aromatic rings. The van der Waals surface area contributed by atoms with Crippen molar-refractivity contribution >= 4 is 11.7 Å². The van der Waals surface area contributed by atoms with Crippen LogP contribution in [0.15, 0.2) is 72.4 Å².